The van der Waals surface area contributed by atoms with E-state index in [-0.39, 0.29) is 11.7 Å². The molecule has 18 heavy (non-hydrogen) atoms. The van der Waals surface area contributed by atoms with Crippen molar-refractivity contribution in [3.63, 3.8) is 0 Å². The van der Waals surface area contributed by atoms with E-state index in [1.54, 1.807) is 25.6 Å². The normalized spacial score (nSPS) is 10.7. The second kappa shape index (κ2) is 5.00. The zero-order valence-corrected chi connectivity index (χ0v) is 10.6. The van der Waals surface area contributed by atoms with Gasteiger partial charge in [-0.15, -0.1) is 0 Å². The number of Topliss-reactive ketones (excluding diaryl/α,β-unsaturated/α-hetero) is 1. The van der Waals surface area contributed by atoms with E-state index in [1.807, 2.05) is 19.9 Å². The number of nitrogens with one attached hydrogen (secondary N) is 1. The molecule has 2 aromatic rings. The summed E-state index contributed by atoms with van der Waals surface area (Å²) in [7, 11) is 1.56. The third-order valence-corrected chi connectivity index (χ3v) is 2.58. The van der Waals surface area contributed by atoms with Crippen molar-refractivity contribution in [1.82, 2.24) is 15.0 Å². The van der Waals surface area contributed by atoms with E-state index in [4.69, 9.17) is 4.74 Å². The van der Waals surface area contributed by atoms with E-state index >= 15 is 0 Å². The first-order valence-electron chi connectivity index (χ1n) is 5.71. The number of pyridine rings is 1. The van der Waals surface area contributed by atoms with Gasteiger partial charge in [-0.1, -0.05) is 13.8 Å². The summed E-state index contributed by atoms with van der Waals surface area (Å²) < 4.78 is 4.98. The van der Waals surface area contributed by atoms with Gasteiger partial charge in [0.25, 0.3) is 0 Å². The van der Waals surface area contributed by atoms with Crippen LogP contribution in [0.25, 0.3) is 11.4 Å². The second-order valence-electron chi connectivity index (χ2n) is 4.25. The first kappa shape index (κ1) is 12.3. The molecule has 0 spiro atoms. The number of H-pyrrole nitrogens is 1. The molecule has 5 nitrogen and oxygen atoms in total. The summed E-state index contributed by atoms with van der Waals surface area (Å²) in [5.74, 6) is 1.18. The van der Waals surface area contributed by atoms with Crippen molar-refractivity contribution in [3.8, 4) is 17.3 Å². The highest BCUT2D eigenvalue weighted by molar-refractivity contribution is 5.95. The topological polar surface area (TPSA) is 67.9 Å². The number of hydrogen-bond donors (Lipinski definition) is 1. The number of imidazole rings is 1. The molecular weight excluding hydrogens is 230 g/mol. The highest BCUT2D eigenvalue weighted by Gasteiger charge is 2.14. The molecule has 0 saturated heterocycles. The minimum Gasteiger partial charge on any atom is -0.481 e. The highest BCUT2D eigenvalue weighted by Crippen LogP contribution is 2.18. The molecule has 0 aliphatic carbocycles. The van der Waals surface area contributed by atoms with Crippen LogP contribution in [0.1, 0.15) is 24.3 Å². The molecule has 0 radical (unpaired) electrons. The fourth-order valence-corrected chi connectivity index (χ4v) is 1.55. The van der Waals surface area contributed by atoms with E-state index in [0.717, 1.165) is 5.56 Å². The lowest BCUT2D eigenvalue weighted by Gasteiger charge is -2.01. The number of aromatic amines is 1. The van der Waals surface area contributed by atoms with Crippen molar-refractivity contribution >= 4 is 5.78 Å². The van der Waals surface area contributed by atoms with Crippen molar-refractivity contribution in [3.05, 3.63) is 30.2 Å². The lowest BCUT2D eigenvalue weighted by Crippen LogP contribution is -2.07. The van der Waals surface area contributed by atoms with E-state index in [9.17, 15) is 4.79 Å². The van der Waals surface area contributed by atoms with Crippen LogP contribution in [0.3, 0.4) is 0 Å². The molecule has 94 valence electrons. The summed E-state index contributed by atoms with van der Waals surface area (Å²) in [4.78, 5) is 23.1. The molecule has 1 N–H and O–H groups in total. The van der Waals surface area contributed by atoms with Gasteiger partial charge in [-0.2, -0.15) is 0 Å². The monoisotopic (exact) mass is 245 g/mol. The Morgan fingerprint density at radius 3 is 2.61 bits per heavy atom. The zero-order chi connectivity index (χ0) is 13.1. The van der Waals surface area contributed by atoms with Crippen LogP contribution in [-0.4, -0.2) is 27.8 Å². The number of carbonyl (C=O) groups is 1. The van der Waals surface area contributed by atoms with Gasteiger partial charge in [0.2, 0.25) is 5.88 Å². The molecule has 2 aromatic heterocycles. The average Bonchev–Trinajstić information content (AvgIpc) is 2.87. The quantitative estimate of drug-likeness (QED) is 0.839. The molecule has 0 aliphatic heterocycles. The molecule has 0 fully saturated rings. The minimum atomic E-state index is -0.0488. The van der Waals surface area contributed by atoms with Crippen LogP contribution in [0.15, 0.2) is 24.5 Å². The molecule has 0 aliphatic rings. The summed E-state index contributed by atoms with van der Waals surface area (Å²) in [6.07, 6.45) is 3.21. The maximum Gasteiger partial charge on any atom is 0.212 e. The number of hydrogen-bond acceptors (Lipinski definition) is 4. The average molecular weight is 245 g/mol. The van der Waals surface area contributed by atoms with E-state index in [2.05, 4.69) is 15.0 Å². The third kappa shape index (κ3) is 2.40. The molecule has 0 bridgehead atoms. The lowest BCUT2D eigenvalue weighted by molar-refractivity contribution is 0.0935. The third-order valence-electron chi connectivity index (χ3n) is 2.58. The molecule has 0 unspecified atom stereocenters. The minimum absolute atomic E-state index is 0.0488. The van der Waals surface area contributed by atoms with E-state index < -0.39 is 0 Å². The Kier molecular flexibility index (Phi) is 3.41. The number of aromatic nitrogens is 3. The van der Waals surface area contributed by atoms with Crippen LogP contribution in [0.4, 0.5) is 0 Å². The van der Waals surface area contributed by atoms with Crippen molar-refractivity contribution in [2.24, 2.45) is 5.92 Å². The van der Waals surface area contributed by atoms with Gasteiger partial charge in [0, 0.05) is 23.7 Å². The zero-order valence-electron chi connectivity index (χ0n) is 10.6. The smallest absolute Gasteiger partial charge is 0.212 e. The Morgan fingerprint density at radius 1 is 1.28 bits per heavy atom. The molecule has 2 rings (SSSR count). The number of carbonyl (C=O) groups excluding carboxylic acids is 1. The van der Waals surface area contributed by atoms with E-state index in [0.29, 0.717) is 17.4 Å². The predicted molar refractivity (Wildman–Crippen MR) is 67.5 cm³/mol. The predicted octanol–water partition coefficient (Wildman–Crippen LogP) is 2.32. The fraction of sp³-hybridized carbons (Fsp3) is 0.308. The van der Waals surface area contributed by atoms with Gasteiger partial charge >= 0.3 is 0 Å². The number of rotatable bonds is 4. The molecule has 0 saturated carbocycles. The van der Waals surface area contributed by atoms with Gasteiger partial charge in [0.15, 0.2) is 5.78 Å². The Hall–Kier alpha value is -2.17. The lowest BCUT2D eigenvalue weighted by atomic mass is 10.1. The van der Waals surface area contributed by atoms with Crippen LogP contribution < -0.4 is 4.74 Å². The Morgan fingerprint density at radius 2 is 2.06 bits per heavy atom. The summed E-state index contributed by atoms with van der Waals surface area (Å²) >= 11 is 0. The van der Waals surface area contributed by atoms with Gasteiger partial charge in [0.1, 0.15) is 11.5 Å². The molecule has 0 aromatic carbocycles. The standard InChI is InChI=1S/C13H15N3O2/c1-8(2)12(17)10-7-15-13(16-10)9-4-5-11(18-3)14-6-9/h4-8H,1-3H3,(H,15,16). The van der Waals surface area contributed by atoms with Gasteiger partial charge in [-0.3, -0.25) is 4.79 Å². The number of nitrogens with zero attached hydrogens (tertiary/aromatic N) is 2. The van der Waals surface area contributed by atoms with Crippen molar-refractivity contribution < 1.29 is 9.53 Å². The Bertz CT molecular complexity index is 544. The fourth-order valence-electron chi connectivity index (χ4n) is 1.55. The summed E-state index contributed by atoms with van der Waals surface area (Å²) in [5, 5.41) is 0. The Labute approximate surface area is 105 Å². The van der Waals surface area contributed by atoms with Gasteiger partial charge in [0.05, 0.1) is 13.3 Å². The second-order valence-corrected chi connectivity index (χ2v) is 4.25. The molecule has 5 heteroatoms. The van der Waals surface area contributed by atoms with Crippen molar-refractivity contribution in [1.29, 1.82) is 0 Å². The maximum atomic E-state index is 11.8. The van der Waals surface area contributed by atoms with Crippen LogP contribution in [0.2, 0.25) is 0 Å². The Balaban J connectivity index is 2.26. The maximum absolute atomic E-state index is 11.8. The highest BCUT2D eigenvalue weighted by atomic mass is 16.5. The van der Waals surface area contributed by atoms with Gasteiger partial charge in [-0.05, 0) is 6.07 Å². The molecule has 2 heterocycles. The molecular formula is C13H15N3O2. The first-order chi connectivity index (χ1) is 8.61. The number of ether oxygens (including phenoxy) is 1. The van der Waals surface area contributed by atoms with Crippen LogP contribution in [0.5, 0.6) is 5.88 Å². The van der Waals surface area contributed by atoms with Crippen LogP contribution in [0, 0.1) is 5.92 Å². The number of ketones is 1. The summed E-state index contributed by atoms with van der Waals surface area (Å²) in [5.41, 5.74) is 1.34. The molecule has 0 amide bonds. The van der Waals surface area contributed by atoms with Crippen molar-refractivity contribution in [2.45, 2.75) is 13.8 Å². The summed E-state index contributed by atoms with van der Waals surface area (Å²) in [6.45, 7) is 3.72. The molecule has 0 atom stereocenters. The summed E-state index contributed by atoms with van der Waals surface area (Å²) in [6, 6.07) is 3.59. The number of methoxy groups -OCH3 is 1. The van der Waals surface area contributed by atoms with Gasteiger partial charge in [-0.25, -0.2) is 9.97 Å². The van der Waals surface area contributed by atoms with Crippen molar-refractivity contribution in [2.75, 3.05) is 7.11 Å². The van der Waals surface area contributed by atoms with Crippen LogP contribution >= 0.6 is 0 Å². The first-order valence-corrected chi connectivity index (χ1v) is 5.71. The van der Waals surface area contributed by atoms with E-state index in [1.165, 1.54) is 0 Å². The van der Waals surface area contributed by atoms with Gasteiger partial charge < -0.3 is 9.72 Å². The SMILES string of the molecule is COc1ccc(-c2ncc(C(=O)C(C)C)[nH]2)cn1. The van der Waals surface area contributed by atoms with Crippen LogP contribution in [-0.2, 0) is 0 Å². The largest absolute Gasteiger partial charge is 0.481 e.